The number of hydrogen-bond donors (Lipinski definition) is 1. The number of aromatic nitrogens is 3. The van der Waals surface area contributed by atoms with Gasteiger partial charge in [0, 0.05) is 6.42 Å². The SMILES string of the molecule is Cc1oncc1-c1nnc(CCCN)s1. The van der Waals surface area contributed by atoms with Gasteiger partial charge in [0.25, 0.3) is 0 Å². The van der Waals surface area contributed by atoms with Gasteiger partial charge in [-0.2, -0.15) is 0 Å². The largest absolute Gasteiger partial charge is 0.361 e. The fraction of sp³-hybridized carbons (Fsp3) is 0.444. The highest BCUT2D eigenvalue weighted by Crippen LogP contribution is 2.26. The van der Waals surface area contributed by atoms with Crippen LogP contribution >= 0.6 is 11.3 Å². The zero-order valence-corrected chi connectivity index (χ0v) is 9.25. The predicted octanol–water partition coefficient (Wildman–Crippen LogP) is 1.39. The Bertz CT molecular complexity index is 437. The van der Waals surface area contributed by atoms with Crippen molar-refractivity contribution in [3.8, 4) is 10.6 Å². The van der Waals surface area contributed by atoms with Crippen molar-refractivity contribution in [1.29, 1.82) is 0 Å². The lowest BCUT2D eigenvalue weighted by atomic mass is 10.3. The van der Waals surface area contributed by atoms with Gasteiger partial charge >= 0.3 is 0 Å². The standard InChI is InChI=1S/C9H12N4OS/c1-6-7(5-11-14-6)9-13-12-8(15-9)3-2-4-10/h5H,2-4,10H2,1H3. The second kappa shape index (κ2) is 4.50. The van der Waals surface area contributed by atoms with Crippen LogP contribution < -0.4 is 5.73 Å². The van der Waals surface area contributed by atoms with Crippen molar-refractivity contribution in [2.75, 3.05) is 6.54 Å². The first-order valence-electron chi connectivity index (χ1n) is 4.75. The highest BCUT2D eigenvalue weighted by molar-refractivity contribution is 7.14. The van der Waals surface area contributed by atoms with E-state index in [-0.39, 0.29) is 0 Å². The topological polar surface area (TPSA) is 77.8 Å². The highest BCUT2D eigenvalue weighted by atomic mass is 32.1. The molecule has 0 fully saturated rings. The van der Waals surface area contributed by atoms with Crippen LogP contribution in [0, 0.1) is 6.92 Å². The van der Waals surface area contributed by atoms with Crippen LogP contribution in [0.25, 0.3) is 10.6 Å². The van der Waals surface area contributed by atoms with E-state index in [9.17, 15) is 0 Å². The molecule has 2 N–H and O–H groups in total. The van der Waals surface area contributed by atoms with Crippen LogP contribution in [-0.4, -0.2) is 21.9 Å². The summed E-state index contributed by atoms with van der Waals surface area (Å²) in [7, 11) is 0. The molecule has 6 heteroatoms. The van der Waals surface area contributed by atoms with Crippen molar-refractivity contribution in [3.63, 3.8) is 0 Å². The predicted molar refractivity (Wildman–Crippen MR) is 57.5 cm³/mol. The average molecular weight is 224 g/mol. The van der Waals surface area contributed by atoms with E-state index in [1.807, 2.05) is 6.92 Å². The van der Waals surface area contributed by atoms with Gasteiger partial charge < -0.3 is 10.3 Å². The quantitative estimate of drug-likeness (QED) is 0.849. The van der Waals surface area contributed by atoms with Gasteiger partial charge in [-0.25, -0.2) is 0 Å². The summed E-state index contributed by atoms with van der Waals surface area (Å²) in [5, 5.41) is 13.8. The molecule has 0 radical (unpaired) electrons. The van der Waals surface area contributed by atoms with Crippen molar-refractivity contribution < 1.29 is 4.52 Å². The van der Waals surface area contributed by atoms with Crippen LogP contribution in [-0.2, 0) is 6.42 Å². The van der Waals surface area contributed by atoms with Gasteiger partial charge in [0.2, 0.25) is 0 Å². The Morgan fingerprint density at radius 3 is 3.00 bits per heavy atom. The van der Waals surface area contributed by atoms with E-state index >= 15 is 0 Å². The summed E-state index contributed by atoms with van der Waals surface area (Å²) < 4.78 is 4.98. The van der Waals surface area contributed by atoms with E-state index < -0.39 is 0 Å². The first-order chi connectivity index (χ1) is 7.31. The fourth-order valence-corrected chi connectivity index (χ4v) is 2.16. The van der Waals surface area contributed by atoms with Crippen molar-refractivity contribution >= 4 is 11.3 Å². The molecule has 2 heterocycles. The van der Waals surface area contributed by atoms with Crippen LogP contribution in [0.5, 0.6) is 0 Å². The van der Waals surface area contributed by atoms with E-state index in [2.05, 4.69) is 15.4 Å². The second-order valence-electron chi connectivity index (χ2n) is 3.19. The third kappa shape index (κ3) is 2.21. The van der Waals surface area contributed by atoms with Gasteiger partial charge in [0.1, 0.15) is 10.8 Å². The van der Waals surface area contributed by atoms with E-state index in [1.165, 1.54) is 0 Å². The minimum absolute atomic E-state index is 0.682. The molecular weight excluding hydrogens is 212 g/mol. The number of hydrogen-bond acceptors (Lipinski definition) is 6. The Kier molecular flexibility index (Phi) is 3.08. The first-order valence-corrected chi connectivity index (χ1v) is 5.57. The number of nitrogens with two attached hydrogens (primary N) is 1. The minimum atomic E-state index is 0.682. The summed E-state index contributed by atoms with van der Waals surface area (Å²) >= 11 is 1.57. The van der Waals surface area contributed by atoms with Gasteiger partial charge in [0.15, 0.2) is 5.01 Å². The lowest BCUT2D eigenvalue weighted by Crippen LogP contribution is -1.99. The Labute approximate surface area is 91.3 Å². The molecule has 15 heavy (non-hydrogen) atoms. The molecule has 0 amide bonds. The van der Waals surface area contributed by atoms with Gasteiger partial charge in [0.05, 0.1) is 11.8 Å². The normalized spacial score (nSPS) is 10.8. The minimum Gasteiger partial charge on any atom is -0.361 e. The molecule has 5 nitrogen and oxygen atoms in total. The zero-order valence-electron chi connectivity index (χ0n) is 8.43. The van der Waals surface area contributed by atoms with Gasteiger partial charge in [-0.05, 0) is 19.9 Å². The molecule has 2 rings (SSSR count). The molecule has 0 aliphatic carbocycles. The molecule has 0 saturated carbocycles. The van der Waals surface area contributed by atoms with E-state index in [4.69, 9.17) is 10.3 Å². The van der Waals surface area contributed by atoms with Crippen LogP contribution in [0.4, 0.5) is 0 Å². The second-order valence-corrected chi connectivity index (χ2v) is 4.25. The maximum Gasteiger partial charge on any atom is 0.152 e. The molecule has 0 bridgehead atoms. The fourth-order valence-electron chi connectivity index (χ4n) is 1.22. The lowest BCUT2D eigenvalue weighted by molar-refractivity contribution is 0.398. The van der Waals surface area contributed by atoms with Crippen LogP contribution in [0.15, 0.2) is 10.7 Å². The molecule has 80 valence electrons. The maximum atomic E-state index is 5.43. The maximum absolute atomic E-state index is 5.43. The summed E-state index contributed by atoms with van der Waals surface area (Å²) in [5.41, 5.74) is 6.36. The molecule has 0 saturated heterocycles. The van der Waals surface area contributed by atoms with Crippen molar-refractivity contribution in [3.05, 3.63) is 17.0 Å². The smallest absolute Gasteiger partial charge is 0.152 e. The molecule has 0 aliphatic heterocycles. The van der Waals surface area contributed by atoms with Crippen molar-refractivity contribution in [1.82, 2.24) is 15.4 Å². The van der Waals surface area contributed by atoms with Crippen LogP contribution in [0.2, 0.25) is 0 Å². The Morgan fingerprint density at radius 1 is 1.47 bits per heavy atom. The molecular formula is C9H12N4OS. The number of aryl methyl sites for hydroxylation is 2. The Morgan fingerprint density at radius 2 is 2.33 bits per heavy atom. The molecule has 0 aliphatic rings. The first kappa shape index (κ1) is 10.3. The van der Waals surface area contributed by atoms with Gasteiger partial charge in [-0.1, -0.05) is 16.5 Å². The zero-order chi connectivity index (χ0) is 10.7. The summed E-state index contributed by atoms with van der Waals surface area (Å²) in [6.45, 7) is 2.55. The third-order valence-corrected chi connectivity index (χ3v) is 3.06. The van der Waals surface area contributed by atoms with Crippen molar-refractivity contribution in [2.24, 2.45) is 5.73 Å². The average Bonchev–Trinajstić information content (AvgIpc) is 2.83. The van der Waals surface area contributed by atoms with Crippen molar-refractivity contribution in [2.45, 2.75) is 19.8 Å². The van der Waals surface area contributed by atoms with E-state index in [1.54, 1.807) is 17.5 Å². The summed E-state index contributed by atoms with van der Waals surface area (Å²) in [6, 6.07) is 0. The van der Waals surface area contributed by atoms with Crippen LogP contribution in [0.1, 0.15) is 17.2 Å². The Balaban J connectivity index is 2.17. The van der Waals surface area contributed by atoms with Gasteiger partial charge in [-0.3, -0.25) is 0 Å². The van der Waals surface area contributed by atoms with E-state index in [0.717, 1.165) is 34.2 Å². The third-order valence-electron chi connectivity index (χ3n) is 2.04. The molecule has 0 spiro atoms. The summed E-state index contributed by atoms with van der Waals surface area (Å²) in [6.07, 6.45) is 3.50. The lowest BCUT2D eigenvalue weighted by Gasteiger charge is -1.89. The summed E-state index contributed by atoms with van der Waals surface area (Å²) in [5.74, 6) is 0.775. The monoisotopic (exact) mass is 224 g/mol. The molecule has 0 atom stereocenters. The highest BCUT2D eigenvalue weighted by Gasteiger charge is 2.11. The molecule has 0 aromatic carbocycles. The Hall–Kier alpha value is -1.27. The summed E-state index contributed by atoms with van der Waals surface area (Å²) in [4.78, 5) is 0. The van der Waals surface area contributed by atoms with Crippen LogP contribution in [0.3, 0.4) is 0 Å². The number of nitrogens with zero attached hydrogens (tertiary/aromatic N) is 3. The molecule has 2 aromatic heterocycles. The number of rotatable bonds is 4. The van der Waals surface area contributed by atoms with E-state index in [0.29, 0.717) is 6.54 Å². The van der Waals surface area contributed by atoms with Gasteiger partial charge in [-0.15, -0.1) is 10.2 Å². The molecule has 2 aromatic rings. The molecule has 0 unspecified atom stereocenters.